The Kier molecular flexibility index (Phi) is 5.37. The molecule has 0 radical (unpaired) electrons. The molecule has 3 aromatic rings. The summed E-state index contributed by atoms with van der Waals surface area (Å²) in [4.78, 5) is 16.9. The summed E-state index contributed by atoms with van der Waals surface area (Å²) in [6, 6.07) is 15.0. The number of carbonyl (C=O) groups is 1. The third kappa shape index (κ3) is 3.77. The average Bonchev–Trinajstić information content (AvgIpc) is 3.18. The van der Waals surface area contributed by atoms with Gasteiger partial charge in [-0.05, 0) is 49.7 Å². The smallest absolute Gasteiger partial charge is 0.252 e. The molecule has 134 valence electrons. The van der Waals surface area contributed by atoms with Crippen LogP contribution in [0.4, 0.5) is 0 Å². The first kappa shape index (κ1) is 17.7. The van der Waals surface area contributed by atoms with E-state index in [1.807, 2.05) is 56.3 Å². The van der Waals surface area contributed by atoms with E-state index in [2.05, 4.69) is 10.3 Å². The molecular formula is C21H22N2O3. The van der Waals surface area contributed by atoms with Gasteiger partial charge >= 0.3 is 0 Å². The number of methoxy groups -OCH3 is 1. The van der Waals surface area contributed by atoms with Crippen molar-refractivity contribution in [1.82, 2.24) is 10.3 Å². The van der Waals surface area contributed by atoms with E-state index in [0.717, 1.165) is 17.7 Å². The topological polar surface area (TPSA) is 64.4 Å². The lowest BCUT2D eigenvalue weighted by Crippen LogP contribution is -2.32. The van der Waals surface area contributed by atoms with Crippen molar-refractivity contribution in [3.05, 3.63) is 60.3 Å². The zero-order valence-electron chi connectivity index (χ0n) is 15.2. The number of aromatic nitrogens is 1. The summed E-state index contributed by atoms with van der Waals surface area (Å²) in [5.74, 6) is 1.71. The van der Waals surface area contributed by atoms with E-state index in [0.29, 0.717) is 22.8 Å². The second-order valence-corrected chi connectivity index (χ2v) is 6.09. The monoisotopic (exact) mass is 350 g/mol. The molecule has 1 aromatic heterocycles. The van der Waals surface area contributed by atoms with Crippen molar-refractivity contribution < 1.29 is 13.9 Å². The summed E-state index contributed by atoms with van der Waals surface area (Å²) in [7, 11) is 1.63. The molecule has 2 aromatic carbocycles. The molecule has 0 aliphatic carbocycles. The number of nitrogens with one attached hydrogen (secondary N) is 1. The van der Waals surface area contributed by atoms with Crippen LogP contribution in [0.15, 0.2) is 59.1 Å². The summed E-state index contributed by atoms with van der Waals surface area (Å²) >= 11 is 0. The fourth-order valence-corrected chi connectivity index (χ4v) is 2.56. The van der Waals surface area contributed by atoms with Gasteiger partial charge in [0.2, 0.25) is 5.89 Å². The highest BCUT2D eigenvalue weighted by Gasteiger charge is 2.17. The second kappa shape index (κ2) is 7.87. The molecule has 0 aliphatic heterocycles. The van der Waals surface area contributed by atoms with Gasteiger partial charge in [-0.2, -0.15) is 0 Å². The zero-order chi connectivity index (χ0) is 18.5. The maximum Gasteiger partial charge on any atom is 0.252 e. The molecule has 5 heteroatoms. The minimum atomic E-state index is -0.126. The Balaban J connectivity index is 1.90. The van der Waals surface area contributed by atoms with Gasteiger partial charge in [0, 0.05) is 17.2 Å². The number of ether oxygens (including phenoxy) is 1. The Labute approximate surface area is 153 Å². The Bertz CT molecular complexity index is 884. The van der Waals surface area contributed by atoms with Gasteiger partial charge in [0.25, 0.3) is 5.91 Å². The molecule has 1 heterocycles. The predicted molar refractivity (Wildman–Crippen MR) is 101 cm³/mol. The van der Waals surface area contributed by atoms with E-state index in [-0.39, 0.29) is 11.9 Å². The van der Waals surface area contributed by atoms with Crippen molar-refractivity contribution in [2.45, 2.75) is 26.3 Å². The highest BCUT2D eigenvalue weighted by molar-refractivity contribution is 6.00. The summed E-state index contributed by atoms with van der Waals surface area (Å²) < 4.78 is 11.1. The third-order valence-corrected chi connectivity index (χ3v) is 4.27. The van der Waals surface area contributed by atoms with Crippen LogP contribution in [-0.4, -0.2) is 24.0 Å². The highest BCUT2D eigenvalue weighted by Crippen LogP contribution is 2.29. The largest absolute Gasteiger partial charge is 0.497 e. The fourth-order valence-electron chi connectivity index (χ4n) is 2.56. The van der Waals surface area contributed by atoms with Crippen LogP contribution in [0, 0.1) is 0 Å². The van der Waals surface area contributed by atoms with Gasteiger partial charge in [-0.25, -0.2) is 4.98 Å². The van der Waals surface area contributed by atoms with Crippen molar-refractivity contribution in [2.24, 2.45) is 0 Å². The molecule has 0 bridgehead atoms. The summed E-state index contributed by atoms with van der Waals surface area (Å²) in [5, 5.41) is 2.98. The average molecular weight is 350 g/mol. The van der Waals surface area contributed by atoms with Crippen LogP contribution in [0.3, 0.4) is 0 Å². The zero-order valence-corrected chi connectivity index (χ0v) is 15.2. The molecule has 5 nitrogen and oxygen atoms in total. The van der Waals surface area contributed by atoms with Crippen molar-refractivity contribution in [1.29, 1.82) is 0 Å². The van der Waals surface area contributed by atoms with E-state index in [1.165, 1.54) is 0 Å². The number of nitrogens with zero attached hydrogens (tertiary/aromatic N) is 1. The van der Waals surface area contributed by atoms with Crippen LogP contribution >= 0.6 is 0 Å². The van der Waals surface area contributed by atoms with Gasteiger partial charge in [-0.3, -0.25) is 4.79 Å². The van der Waals surface area contributed by atoms with Crippen LogP contribution in [-0.2, 0) is 0 Å². The summed E-state index contributed by atoms with van der Waals surface area (Å²) in [6.45, 7) is 4.01. The van der Waals surface area contributed by atoms with Crippen LogP contribution in [0.5, 0.6) is 5.75 Å². The van der Waals surface area contributed by atoms with Gasteiger partial charge in [0.05, 0.1) is 18.9 Å². The molecule has 1 amide bonds. The quantitative estimate of drug-likeness (QED) is 0.708. The number of benzene rings is 2. The molecule has 0 fully saturated rings. The van der Waals surface area contributed by atoms with Crippen molar-refractivity contribution in [3.8, 4) is 28.5 Å². The minimum Gasteiger partial charge on any atom is -0.497 e. The Morgan fingerprint density at radius 3 is 2.62 bits per heavy atom. The number of hydrogen-bond donors (Lipinski definition) is 1. The first-order valence-corrected chi connectivity index (χ1v) is 8.63. The van der Waals surface area contributed by atoms with Gasteiger partial charge in [0.1, 0.15) is 5.75 Å². The lowest BCUT2D eigenvalue weighted by Gasteiger charge is -2.12. The first-order chi connectivity index (χ1) is 12.6. The van der Waals surface area contributed by atoms with Gasteiger partial charge < -0.3 is 14.5 Å². The molecule has 0 saturated carbocycles. The van der Waals surface area contributed by atoms with E-state index in [9.17, 15) is 4.79 Å². The molecule has 0 saturated heterocycles. The second-order valence-electron chi connectivity index (χ2n) is 6.09. The molecule has 1 N–H and O–H groups in total. The molecular weight excluding hydrogens is 328 g/mol. The Morgan fingerprint density at radius 1 is 1.19 bits per heavy atom. The normalized spacial score (nSPS) is 11.8. The third-order valence-electron chi connectivity index (χ3n) is 4.27. The van der Waals surface area contributed by atoms with E-state index in [1.54, 1.807) is 19.4 Å². The molecule has 26 heavy (non-hydrogen) atoms. The summed E-state index contributed by atoms with van der Waals surface area (Å²) in [5.41, 5.74) is 2.12. The molecule has 3 rings (SSSR count). The fraction of sp³-hybridized carbons (Fsp3) is 0.238. The first-order valence-electron chi connectivity index (χ1n) is 8.63. The van der Waals surface area contributed by atoms with Crippen LogP contribution in [0.25, 0.3) is 22.8 Å². The molecule has 0 unspecified atom stereocenters. The predicted octanol–water partition coefficient (Wildman–Crippen LogP) is 4.55. The maximum atomic E-state index is 12.6. The standard InChI is InChI=1S/C21H22N2O3/c1-4-14(2)23-20(24)17-7-5-6-8-18(17)21-22-13-19(26-21)15-9-11-16(25-3)12-10-15/h5-14H,4H2,1-3H3,(H,23,24)/t14-/m0/s1. The Hall–Kier alpha value is -3.08. The lowest BCUT2D eigenvalue weighted by molar-refractivity contribution is 0.0939. The number of carbonyl (C=O) groups excluding carboxylic acids is 1. The molecule has 0 aliphatic rings. The van der Waals surface area contributed by atoms with Gasteiger partial charge in [-0.1, -0.05) is 19.1 Å². The van der Waals surface area contributed by atoms with E-state index < -0.39 is 0 Å². The van der Waals surface area contributed by atoms with Crippen LogP contribution in [0.1, 0.15) is 30.6 Å². The maximum absolute atomic E-state index is 12.6. The van der Waals surface area contributed by atoms with Crippen molar-refractivity contribution >= 4 is 5.91 Å². The molecule has 1 atom stereocenters. The molecule has 0 spiro atoms. The summed E-state index contributed by atoms with van der Waals surface area (Å²) in [6.07, 6.45) is 2.54. The van der Waals surface area contributed by atoms with Crippen LogP contribution < -0.4 is 10.1 Å². The van der Waals surface area contributed by atoms with Crippen molar-refractivity contribution in [2.75, 3.05) is 7.11 Å². The van der Waals surface area contributed by atoms with Crippen LogP contribution in [0.2, 0.25) is 0 Å². The van der Waals surface area contributed by atoms with E-state index in [4.69, 9.17) is 9.15 Å². The number of oxazole rings is 1. The van der Waals surface area contributed by atoms with Crippen molar-refractivity contribution in [3.63, 3.8) is 0 Å². The van der Waals surface area contributed by atoms with Gasteiger partial charge in [0.15, 0.2) is 5.76 Å². The Morgan fingerprint density at radius 2 is 1.92 bits per heavy atom. The van der Waals surface area contributed by atoms with E-state index >= 15 is 0 Å². The SMILES string of the molecule is CC[C@H](C)NC(=O)c1ccccc1-c1ncc(-c2ccc(OC)cc2)o1. The number of rotatable bonds is 6. The number of hydrogen-bond acceptors (Lipinski definition) is 4. The lowest BCUT2D eigenvalue weighted by atomic mass is 10.1. The van der Waals surface area contributed by atoms with Gasteiger partial charge in [-0.15, -0.1) is 0 Å². The highest BCUT2D eigenvalue weighted by atomic mass is 16.5. The number of amides is 1. The minimum absolute atomic E-state index is 0.106.